The first-order valence-electron chi connectivity index (χ1n) is 12.6. The lowest BCUT2D eigenvalue weighted by atomic mass is 10.0. The van der Waals surface area contributed by atoms with Crippen LogP contribution in [0.1, 0.15) is 23.6 Å². The zero-order valence-corrected chi connectivity index (χ0v) is 23.2. The summed E-state index contributed by atoms with van der Waals surface area (Å²) >= 11 is 0. The number of hydrogen-bond donors (Lipinski definition) is 1. The van der Waals surface area contributed by atoms with Crippen LogP contribution >= 0.6 is 0 Å². The van der Waals surface area contributed by atoms with E-state index in [-0.39, 0.29) is 18.9 Å². The Hall–Kier alpha value is -3.69. The van der Waals surface area contributed by atoms with E-state index in [0.717, 1.165) is 25.3 Å². The predicted octanol–water partition coefficient (Wildman–Crippen LogP) is 3.38. The second-order valence-corrected chi connectivity index (χ2v) is 11.3. The van der Waals surface area contributed by atoms with Gasteiger partial charge in [-0.2, -0.15) is 12.7 Å². The van der Waals surface area contributed by atoms with E-state index < -0.39 is 28.7 Å². The van der Waals surface area contributed by atoms with Crippen LogP contribution in [0.5, 0.6) is 0 Å². The van der Waals surface area contributed by atoms with Crippen LogP contribution in [0.15, 0.2) is 84.9 Å². The SMILES string of the molecule is CCNC(=O)[C@H](Cc1ccccc1)N(Cc1cccc(C)c1)C(=O)CN(c1ccccc1)S(=O)(=O)N(C)C. The van der Waals surface area contributed by atoms with Crippen molar-refractivity contribution in [1.29, 1.82) is 0 Å². The van der Waals surface area contributed by atoms with Crippen molar-refractivity contribution in [3.63, 3.8) is 0 Å². The zero-order valence-electron chi connectivity index (χ0n) is 22.4. The summed E-state index contributed by atoms with van der Waals surface area (Å²) in [5, 5.41) is 2.86. The molecule has 3 aromatic rings. The molecule has 202 valence electrons. The number of carbonyl (C=O) groups excluding carboxylic acids is 2. The molecule has 1 atom stereocenters. The second-order valence-electron chi connectivity index (χ2n) is 9.24. The Morgan fingerprint density at radius 2 is 1.47 bits per heavy atom. The molecule has 38 heavy (non-hydrogen) atoms. The molecule has 2 amide bonds. The summed E-state index contributed by atoms with van der Waals surface area (Å²) in [5.74, 6) is -0.771. The molecule has 0 aliphatic heterocycles. The third kappa shape index (κ3) is 7.43. The van der Waals surface area contributed by atoms with E-state index in [0.29, 0.717) is 12.2 Å². The van der Waals surface area contributed by atoms with Gasteiger partial charge < -0.3 is 10.2 Å². The molecule has 0 spiro atoms. The van der Waals surface area contributed by atoms with Crippen LogP contribution in [-0.4, -0.2) is 62.7 Å². The number of nitrogens with zero attached hydrogens (tertiary/aromatic N) is 3. The molecule has 0 aromatic heterocycles. The van der Waals surface area contributed by atoms with E-state index in [4.69, 9.17) is 0 Å². The number of nitrogens with one attached hydrogen (secondary N) is 1. The normalized spacial score (nSPS) is 12.1. The van der Waals surface area contributed by atoms with Crippen molar-refractivity contribution in [3.8, 4) is 0 Å². The minimum absolute atomic E-state index is 0.153. The molecule has 0 bridgehead atoms. The molecule has 0 unspecified atom stereocenters. The van der Waals surface area contributed by atoms with Gasteiger partial charge in [0, 0.05) is 33.6 Å². The highest BCUT2D eigenvalue weighted by Gasteiger charge is 2.34. The number of amides is 2. The fourth-order valence-electron chi connectivity index (χ4n) is 4.16. The van der Waals surface area contributed by atoms with Gasteiger partial charge in [0.1, 0.15) is 12.6 Å². The Morgan fingerprint density at radius 3 is 2.05 bits per heavy atom. The van der Waals surface area contributed by atoms with Gasteiger partial charge in [-0.05, 0) is 37.1 Å². The average Bonchev–Trinajstić information content (AvgIpc) is 2.90. The summed E-state index contributed by atoms with van der Waals surface area (Å²) in [5.41, 5.74) is 3.13. The Kier molecular flexibility index (Phi) is 10.0. The first-order chi connectivity index (χ1) is 18.1. The quantitative estimate of drug-likeness (QED) is 0.384. The lowest BCUT2D eigenvalue weighted by molar-refractivity contribution is -0.140. The number of benzene rings is 3. The Bertz CT molecular complexity index is 1310. The first-order valence-corrected chi connectivity index (χ1v) is 13.9. The summed E-state index contributed by atoms with van der Waals surface area (Å²) in [6.45, 7) is 3.88. The van der Waals surface area contributed by atoms with Gasteiger partial charge in [-0.15, -0.1) is 0 Å². The number of carbonyl (C=O) groups is 2. The summed E-state index contributed by atoms with van der Waals surface area (Å²) < 4.78 is 28.7. The lowest BCUT2D eigenvalue weighted by Gasteiger charge is -2.34. The molecule has 9 heteroatoms. The van der Waals surface area contributed by atoms with Crippen molar-refractivity contribution in [2.45, 2.75) is 32.9 Å². The highest BCUT2D eigenvalue weighted by atomic mass is 32.2. The van der Waals surface area contributed by atoms with Crippen LogP contribution in [-0.2, 0) is 32.8 Å². The highest BCUT2D eigenvalue weighted by molar-refractivity contribution is 7.90. The topological polar surface area (TPSA) is 90.0 Å². The number of para-hydroxylation sites is 1. The smallest absolute Gasteiger partial charge is 0.304 e. The zero-order chi connectivity index (χ0) is 27.7. The molecule has 3 aromatic carbocycles. The van der Waals surface area contributed by atoms with Crippen molar-refractivity contribution in [1.82, 2.24) is 14.5 Å². The molecular formula is C29H36N4O4S. The summed E-state index contributed by atoms with van der Waals surface area (Å²) in [6.07, 6.45) is 0.288. The molecule has 0 aliphatic rings. The largest absolute Gasteiger partial charge is 0.355 e. The average molecular weight is 537 g/mol. The third-order valence-electron chi connectivity index (χ3n) is 6.12. The van der Waals surface area contributed by atoms with Gasteiger partial charge >= 0.3 is 10.2 Å². The molecule has 0 heterocycles. The molecule has 0 radical (unpaired) electrons. The molecule has 1 N–H and O–H groups in total. The van der Waals surface area contributed by atoms with Gasteiger partial charge in [0.25, 0.3) is 0 Å². The number of rotatable bonds is 12. The number of anilines is 1. The molecule has 0 aliphatic carbocycles. The highest BCUT2D eigenvalue weighted by Crippen LogP contribution is 2.21. The van der Waals surface area contributed by atoms with Crippen LogP contribution in [0.25, 0.3) is 0 Å². The van der Waals surface area contributed by atoms with Gasteiger partial charge in [0.05, 0.1) is 5.69 Å². The van der Waals surface area contributed by atoms with Crippen molar-refractivity contribution >= 4 is 27.7 Å². The molecule has 3 rings (SSSR count). The molecular weight excluding hydrogens is 500 g/mol. The Balaban J connectivity index is 2.06. The fourth-order valence-corrected chi connectivity index (χ4v) is 5.22. The third-order valence-corrected chi connectivity index (χ3v) is 7.94. The predicted molar refractivity (Wildman–Crippen MR) is 151 cm³/mol. The van der Waals surface area contributed by atoms with Crippen LogP contribution in [0.2, 0.25) is 0 Å². The Labute approximate surface area is 226 Å². The lowest BCUT2D eigenvalue weighted by Crippen LogP contribution is -2.54. The standard InChI is InChI=1S/C29H36N4O4S/c1-5-30-29(35)27(20-24-14-8-6-9-15-24)32(21-25-16-12-13-23(2)19-25)28(34)22-33(38(36,37)31(3)4)26-17-10-7-11-18-26/h6-19,27H,5,20-22H2,1-4H3,(H,30,35)/t27-/m0/s1. The number of likely N-dealkylation sites (N-methyl/N-ethyl adjacent to an activating group) is 1. The van der Waals surface area contributed by atoms with Gasteiger partial charge in [0.2, 0.25) is 11.8 Å². The maximum Gasteiger partial charge on any atom is 0.304 e. The number of hydrogen-bond acceptors (Lipinski definition) is 4. The maximum atomic E-state index is 14.0. The van der Waals surface area contributed by atoms with Gasteiger partial charge in [-0.3, -0.25) is 9.59 Å². The van der Waals surface area contributed by atoms with Crippen LogP contribution in [0, 0.1) is 6.92 Å². The minimum Gasteiger partial charge on any atom is -0.355 e. The van der Waals surface area contributed by atoms with E-state index in [1.165, 1.54) is 19.0 Å². The molecule has 0 fully saturated rings. The minimum atomic E-state index is -4.00. The molecule has 0 saturated heterocycles. The van der Waals surface area contributed by atoms with Crippen molar-refractivity contribution in [2.24, 2.45) is 0 Å². The monoisotopic (exact) mass is 536 g/mol. The van der Waals surface area contributed by atoms with E-state index in [9.17, 15) is 18.0 Å². The second kappa shape index (κ2) is 13.2. The Morgan fingerprint density at radius 1 is 0.868 bits per heavy atom. The first kappa shape index (κ1) is 28.9. The van der Waals surface area contributed by atoms with Gasteiger partial charge in [0.15, 0.2) is 0 Å². The van der Waals surface area contributed by atoms with Crippen molar-refractivity contribution in [3.05, 3.63) is 102 Å². The van der Waals surface area contributed by atoms with Crippen LogP contribution in [0.3, 0.4) is 0 Å². The van der Waals surface area contributed by atoms with Crippen molar-refractivity contribution < 1.29 is 18.0 Å². The number of aryl methyl sites for hydroxylation is 1. The molecule has 0 saturated carbocycles. The van der Waals surface area contributed by atoms with E-state index in [2.05, 4.69) is 5.32 Å². The van der Waals surface area contributed by atoms with Crippen LogP contribution < -0.4 is 9.62 Å². The van der Waals surface area contributed by atoms with Gasteiger partial charge in [-0.25, -0.2) is 4.31 Å². The van der Waals surface area contributed by atoms with Crippen LogP contribution in [0.4, 0.5) is 5.69 Å². The van der Waals surface area contributed by atoms with E-state index in [1.807, 2.05) is 68.4 Å². The fraction of sp³-hybridized carbons (Fsp3) is 0.310. The molecule has 8 nitrogen and oxygen atoms in total. The summed E-state index contributed by atoms with van der Waals surface area (Å²) in [4.78, 5) is 28.9. The van der Waals surface area contributed by atoms with E-state index in [1.54, 1.807) is 30.3 Å². The maximum absolute atomic E-state index is 14.0. The summed E-state index contributed by atoms with van der Waals surface area (Å²) in [7, 11) is -1.15. The summed E-state index contributed by atoms with van der Waals surface area (Å²) in [6, 6.07) is 24.9. The van der Waals surface area contributed by atoms with E-state index >= 15 is 0 Å². The van der Waals surface area contributed by atoms with Crippen molar-refractivity contribution in [2.75, 3.05) is 31.5 Å². The van der Waals surface area contributed by atoms with Gasteiger partial charge in [-0.1, -0.05) is 78.4 Å².